The first-order valence-corrected chi connectivity index (χ1v) is 9.98. The van der Waals surface area contributed by atoms with Crippen LogP contribution in [0.25, 0.3) is 0 Å². The van der Waals surface area contributed by atoms with E-state index in [-0.39, 0.29) is 11.8 Å². The molecule has 1 aromatic heterocycles. The van der Waals surface area contributed by atoms with Gasteiger partial charge in [0.2, 0.25) is 10.0 Å². The molecule has 2 heterocycles. The minimum atomic E-state index is -3.24. The van der Waals surface area contributed by atoms with Crippen LogP contribution in [0.1, 0.15) is 22.0 Å². The largest absolute Gasteiger partial charge is 0.308 e. The maximum absolute atomic E-state index is 12.1. The van der Waals surface area contributed by atoms with Crippen LogP contribution in [0.3, 0.4) is 0 Å². The molecule has 0 radical (unpaired) electrons. The summed E-state index contributed by atoms with van der Waals surface area (Å²) in [5.74, 6) is 0.141. The van der Waals surface area contributed by atoms with Crippen LogP contribution in [0.2, 0.25) is 0 Å². The van der Waals surface area contributed by atoms with Gasteiger partial charge in [0, 0.05) is 17.5 Å². The van der Waals surface area contributed by atoms with E-state index >= 15 is 0 Å². The second kappa shape index (κ2) is 6.91. The molecular weight excluding hydrogens is 316 g/mol. The third-order valence-electron chi connectivity index (χ3n) is 3.92. The zero-order valence-electron chi connectivity index (χ0n) is 12.3. The van der Waals surface area contributed by atoms with Gasteiger partial charge in [-0.2, -0.15) is 0 Å². The van der Waals surface area contributed by atoms with Gasteiger partial charge in [-0.05, 0) is 42.0 Å². The first-order valence-electron chi connectivity index (χ1n) is 7.45. The lowest BCUT2D eigenvalue weighted by atomic mass is 9.95. The second-order valence-corrected chi connectivity index (χ2v) is 8.41. The van der Waals surface area contributed by atoms with Crippen LogP contribution in [0, 0.1) is 0 Å². The van der Waals surface area contributed by atoms with Crippen molar-refractivity contribution in [3.8, 4) is 0 Å². The highest BCUT2D eigenvalue weighted by Crippen LogP contribution is 2.22. The predicted octanol–water partition coefficient (Wildman–Crippen LogP) is 2.10. The van der Waals surface area contributed by atoms with Crippen LogP contribution in [0.15, 0.2) is 41.8 Å². The van der Waals surface area contributed by atoms with Crippen molar-refractivity contribution in [2.24, 2.45) is 0 Å². The van der Waals surface area contributed by atoms with Crippen molar-refractivity contribution in [3.05, 3.63) is 57.8 Å². The van der Waals surface area contributed by atoms with Gasteiger partial charge in [0.15, 0.2) is 0 Å². The average molecular weight is 336 g/mol. The number of hydrogen-bond donors (Lipinski definition) is 2. The molecule has 1 atom stereocenters. The van der Waals surface area contributed by atoms with E-state index in [1.807, 2.05) is 29.6 Å². The summed E-state index contributed by atoms with van der Waals surface area (Å²) in [5.41, 5.74) is 2.51. The van der Waals surface area contributed by atoms with Crippen molar-refractivity contribution in [1.82, 2.24) is 10.0 Å². The van der Waals surface area contributed by atoms with Crippen LogP contribution < -0.4 is 10.0 Å². The number of sulfonamides is 1. The molecule has 1 aliphatic heterocycles. The van der Waals surface area contributed by atoms with E-state index in [4.69, 9.17) is 0 Å². The minimum absolute atomic E-state index is 0.0569. The molecule has 22 heavy (non-hydrogen) atoms. The van der Waals surface area contributed by atoms with Gasteiger partial charge in [0.25, 0.3) is 0 Å². The first kappa shape index (κ1) is 15.7. The Kier molecular flexibility index (Phi) is 4.93. The predicted molar refractivity (Wildman–Crippen MR) is 90.7 cm³/mol. The maximum Gasteiger partial charge on any atom is 0.212 e. The lowest BCUT2D eigenvalue weighted by molar-refractivity contribution is 0.491. The molecule has 118 valence electrons. The van der Waals surface area contributed by atoms with E-state index in [0.29, 0.717) is 13.0 Å². The Bertz CT molecular complexity index is 712. The lowest BCUT2D eigenvalue weighted by Crippen LogP contribution is -2.39. The van der Waals surface area contributed by atoms with Crippen molar-refractivity contribution < 1.29 is 8.42 Å². The molecule has 0 saturated heterocycles. The standard InChI is InChI=1S/C16H20N2O2S2/c19-22(20,11-8-14-5-3-10-21-14)18-12-16-15-6-2-1-4-13(15)7-9-17-16/h1-6,10,16-18H,7-9,11-12H2. The lowest BCUT2D eigenvalue weighted by Gasteiger charge is -2.27. The topological polar surface area (TPSA) is 58.2 Å². The molecule has 0 spiro atoms. The molecule has 0 bridgehead atoms. The van der Waals surface area contributed by atoms with E-state index in [1.165, 1.54) is 11.1 Å². The van der Waals surface area contributed by atoms with Crippen molar-refractivity contribution >= 4 is 21.4 Å². The van der Waals surface area contributed by atoms with Crippen LogP contribution in [0.5, 0.6) is 0 Å². The normalized spacial score (nSPS) is 18.1. The number of fused-ring (bicyclic) bond motifs is 1. The van der Waals surface area contributed by atoms with Gasteiger partial charge in [-0.3, -0.25) is 0 Å². The van der Waals surface area contributed by atoms with E-state index in [1.54, 1.807) is 11.3 Å². The Hall–Kier alpha value is -1.21. The van der Waals surface area contributed by atoms with Crippen molar-refractivity contribution in [2.45, 2.75) is 18.9 Å². The molecule has 2 aromatic rings. The molecule has 2 N–H and O–H groups in total. The molecule has 0 aliphatic carbocycles. The minimum Gasteiger partial charge on any atom is -0.308 e. The smallest absolute Gasteiger partial charge is 0.212 e. The molecule has 0 fully saturated rings. The number of nitrogens with one attached hydrogen (secondary N) is 2. The molecule has 1 aliphatic rings. The Labute approximate surface area is 135 Å². The summed E-state index contributed by atoms with van der Waals surface area (Å²) in [6.45, 7) is 1.29. The van der Waals surface area contributed by atoms with E-state index < -0.39 is 10.0 Å². The van der Waals surface area contributed by atoms with Gasteiger partial charge >= 0.3 is 0 Å². The Morgan fingerprint density at radius 3 is 2.91 bits per heavy atom. The summed E-state index contributed by atoms with van der Waals surface area (Å²) >= 11 is 1.60. The number of aryl methyl sites for hydroxylation is 1. The average Bonchev–Trinajstić information content (AvgIpc) is 3.05. The summed E-state index contributed by atoms with van der Waals surface area (Å²) in [4.78, 5) is 1.10. The molecule has 6 heteroatoms. The quantitative estimate of drug-likeness (QED) is 0.849. The number of benzene rings is 1. The van der Waals surface area contributed by atoms with E-state index in [2.05, 4.69) is 22.2 Å². The van der Waals surface area contributed by atoms with Gasteiger partial charge in [0.05, 0.1) is 5.75 Å². The Morgan fingerprint density at radius 1 is 1.23 bits per heavy atom. The van der Waals surface area contributed by atoms with Gasteiger partial charge in [-0.1, -0.05) is 30.3 Å². The summed E-state index contributed by atoms with van der Waals surface area (Å²) in [6, 6.07) is 12.2. The van der Waals surface area contributed by atoms with Gasteiger partial charge in [0.1, 0.15) is 0 Å². The van der Waals surface area contributed by atoms with E-state index in [0.717, 1.165) is 17.8 Å². The fourth-order valence-corrected chi connectivity index (χ4v) is 4.64. The number of hydrogen-bond acceptors (Lipinski definition) is 4. The van der Waals surface area contributed by atoms with Crippen LogP contribution in [-0.2, 0) is 22.9 Å². The van der Waals surface area contributed by atoms with Crippen molar-refractivity contribution in [3.63, 3.8) is 0 Å². The van der Waals surface area contributed by atoms with Crippen LogP contribution in [-0.4, -0.2) is 27.3 Å². The molecule has 1 unspecified atom stereocenters. The summed E-state index contributed by atoms with van der Waals surface area (Å²) in [6.07, 6.45) is 1.57. The highest BCUT2D eigenvalue weighted by molar-refractivity contribution is 7.89. The fourth-order valence-electron chi connectivity index (χ4n) is 2.75. The van der Waals surface area contributed by atoms with Crippen molar-refractivity contribution in [1.29, 1.82) is 0 Å². The highest BCUT2D eigenvalue weighted by atomic mass is 32.2. The van der Waals surface area contributed by atoms with E-state index in [9.17, 15) is 8.42 Å². The third kappa shape index (κ3) is 3.95. The summed E-state index contributed by atoms with van der Waals surface area (Å²) in [7, 11) is -3.24. The summed E-state index contributed by atoms with van der Waals surface area (Å²) in [5, 5.41) is 5.36. The monoisotopic (exact) mass is 336 g/mol. The molecular formula is C16H20N2O2S2. The zero-order chi connectivity index (χ0) is 15.4. The molecule has 0 saturated carbocycles. The third-order valence-corrected chi connectivity index (χ3v) is 6.20. The Balaban J connectivity index is 1.58. The summed E-state index contributed by atoms with van der Waals surface area (Å²) < 4.78 is 27.0. The highest BCUT2D eigenvalue weighted by Gasteiger charge is 2.21. The molecule has 0 amide bonds. The van der Waals surface area contributed by atoms with Crippen LogP contribution >= 0.6 is 11.3 Å². The van der Waals surface area contributed by atoms with Gasteiger partial charge in [-0.15, -0.1) is 11.3 Å². The Morgan fingerprint density at radius 2 is 2.09 bits per heavy atom. The SMILES string of the molecule is O=S(=O)(CCc1cccs1)NCC1NCCc2ccccc21. The fraction of sp³-hybridized carbons (Fsp3) is 0.375. The number of rotatable bonds is 6. The maximum atomic E-state index is 12.1. The molecule has 1 aromatic carbocycles. The number of thiophene rings is 1. The molecule has 4 nitrogen and oxygen atoms in total. The van der Waals surface area contributed by atoms with Crippen molar-refractivity contribution in [2.75, 3.05) is 18.8 Å². The first-order chi connectivity index (χ1) is 10.6. The second-order valence-electron chi connectivity index (χ2n) is 5.45. The molecule has 3 rings (SSSR count). The van der Waals surface area contributed by atoms with Gasteiger partial charge < -0.3 is 5.32 Å². The van der Waals surface area contributed by atoms with Gasteiger partial charge in [-0.25, -0.2) is 13.1 Å². The zero-order valence-corrected chi connectivity index (χ0v) is 13.9. The van der Waals surface area contributed by atoms with Crippen LogP contribution in [0.4, 0.5) is 0 Å².